The van der Waals surface area contributed by atoms with E-state index in [0.29, 0.717) is 0 Å². The fourth-order valence-corrected chi connectivity index (χ4v) is 0.585. The van der Waals surface area contributed by atoms with Crippen molar-refractivity contribution in [1.82, 2.24) is 18.5 Å². The third-order valence-electron chi connectivity index (χ3n) is 1.02. The van der Waals surface area contributed by atoms with E-state index in [2.05, 4.69) is 18.6 Å². The molecule has 0 atom stereocenters. The van der Waals surface area contributed by atoms with Crippen LogP contribution in [0.2, 0.25) is 0 Å². The summed E-state index contributed by atoms with van der Waals surface area (Å²) in [6.07, 6.45) is -5.68. The average Bonchev–Trinajstić information content (AvgIpc) is 2.66. The van der Waals surface area contributed by atoms with E-state index >= 15 is 0 Å². The molecule has 1 heterocycles. The predicted octanol–water partition coefficient (Wildman–Crippen LogP) is 2.32. The molecular weight excluding hydrogens is 314 g/mol. The first kappa shape index (κ1) is 27.1. The molecule has 22 heavy (non-hydrogen) atoms. The highest BCUT2D eigenvalue weighted by atomic mass is 16.8. The molecule has 0 unspecified atom stereocenters. The van der Waals surface area contributed by atoms with Crippen molar-refractivity contribution in [3.05, 3.63) is 18.4 Å². The van der Waals surface area contributed by atoms with Crippen molar-refractivity contribution in [2.75, 3.05) is 0 Å². The molecule has 1 aromatic rings. The molecule has 0 radical (unpaired) electrons. The maximum Gasteiger partial charge on any atom is 0.528 e. The van der Waals surface area contributed by atoms with Crippen LogP contribution in [0, 0.1) is 0 Å². The molecule has 0 saturated heterocycles. The van der Waals surface area contributed by atoms with E-state index in [1.165, 1.54) is 18.4 Å². The Kier molecular flexibility index (Phi) is 17.3. The lowest BCUT2D eigenvalue weighted by molar-refractivity contribution is 0.0548. The molecule has 0 aliphatic rings. The standard InChI is InChI=1S/C7H4O8.CH2O3.3H3N/c8-5(9)14-7(11)15-6(10)13-4-2-1-3-12-4;2-1(3)4;;;/h1-3H,(H,8,9);(H2,2,3,4);3*1H3. The van der Waals surface area contributed by atoms with Gasteiger partial charge in [0.2, 0.25) is 0 Å². The van der Waals surface area contributed by atoms with Gasteiger partial charge in [0.1, 0.15) is 0 Å². The lowest BCUT2D eigenvalue weighted by Gasteiger charge is -1.99. The third-order valence-corrected chi connectivity index (χ3v) is 1.02. The highest BCUT2D eigenvalue weighted by molar-refractivity contribution is 5.83. The van der Waals surface area contributed by atoms with Gasteiger partial charge in [-0.15, -0.1) is 0 Å². The van der Waals surface area contributed by atoms with Crippen LogP contribution >= 0.6 is 0 Å². The number of rotatable bonds is 1. The number of ether oxygens (including phenoxy) is 3. The Hall–Kier alpha value is -3.36. The zero-order chi connectivity index (χ0) is 14.8. The quantitative estimate of drug-likeness (QED) is 0.318. The smallest absolute Gasteiger partial charge is 0.450 e. The van der Waals surface area contributed by atoms with Crippen molar-refractivity contribution in [3.8, 4) is 5.95 Å². The van der Waals surface area contributed by atoms with Gasteiger partial charge >= 0.3 is 24.6 Å². The Morgan fingerprint density at radius 2 is 1.41 bits per heavy atom. The van der Waals surface area contributed by atoms with Crippen molar-refractivity contribution in [1.29, 1.82) is 0 Å². The highest BCUT2D eigenvalue weighted by Crippen LogP contribution is 2.10. The van der Waals surface area contributed by atoms with Gasteiger partial charge in [-0.3, -0.25) is 0 Å². The van der Waals surface area contributed by atoms with Crippen molar-refractivity contribution < 1.29 is 53.1 Å². The normalized spacial score (nSPS) is 7.27. The number of carboxylic acid groups (broad SMARTS) is 3. The summed E-state index contributed by atoms with van der Waals surface area (Å²) >= 11 is 0. The van der Waals surface area contributed by atoms with Gasteiger partial charge < -0.3 is 52.4 Å². The first-order valence-corrected chi connectivity index (χ1v) is 4.11. The van der Waals surface area contributed by atoms with Crippen LogP contribution in [0.15, 0.2) is 22.8 Å². The largest absolute Gasteiger partial charge is 0.528 e. The fraction of sp³-hybridized carbons (Fsp3) is 0. The lowest BCUT2D eigenvalue weighted by Crippen LogP contribution is -2.19. The SMILES string of the molecule is N.N.N.O=C(O)O.O=C(O)OC(=O)OC(=O)Oc1ccco1. The summed E-state index contributed by atoms with van der Waals surface area (Å²) < 4.78 is 16.1. The molecule has 0 fully saturated rings. The maximum absolute atomic E-state index is 10.7. The molecule has 0 aromatic carbocycles. The molecule has 1 aromatic heterocycles. The van der Waals surface area contributed by atoms with E-state index in [1.54, 1.807) is 0 Å². The minimum atomic E-state index is -1.90. The summed E-state index contributed by atoms with van der Waals surface area (Å²) in [6, 6.07) is 2.71. The molecule has 1 rings (SSSR count). The van der Waals surface area contributed by atoms with Gasteiger partial charge in [0, 0.05) is 6.07 Å². The first-order chi connectivity index (χ1) is 8.81. The summed E-state index contributed by atoms with van der Waals surface area (Å²) in [5.41, 5.74) is 0. The van der Waals surface area contributed by atoms with Crippen LogP contribution in [0.25, 0.3) is 0 Å². The zero-order valence-corrected chi connectivity index (χ0v) is 11.0. The van der Waals surface area contributed by atoms with Crippen LogP contribution in [-0.4, -0.2) is 39.9 Å². The molecule has 0 spiro atoms. The van der Waals surface area contributed by atoms with E-state index < -0.39 is 24.6 Å². The molecule has 0 amide bonds. The first-order valence-electron chi connectivity index (χ1n) is 4.11. The van der Waals surface area contributed by atoms with Crippen LogP contribution in [0.5, 0.6) is 5.95 Å². The summed E-state index contributed by atoms with van der Waals surface area (Å²) in [7, 11) is 0. The zero-order valence-electron chi connectivity index (χ0n) is 11.0. The van der Waals surface area contributed by atoms with Gasteiger partial charge in [-0.1, -0.05) is 0 Å². The third kappa shape index (κ3) is 16.6. The van der Waals surface area contributed by atoms with Crippen LogP contribution in [0.1, 0.15) is 0 Å². The van der Waals surface area contributed by atoms with E-state index in [0.717, 1.165) is 0 Å². The van der Waals surface area contributed by atoms with Crippen LogP contribution < -0.4 is 23.2 Å². The second-order valence-electron chi connectivity index (χ2n) is 2.29. The maximum atomic E-state index is 10.7. The van der Waals surface area contributed by atoms with Crippen LogP contribution in [0.4, 0.5) is 19.2 Å². The minimum Gasteiger partial charge on any atom is -0.450 e. The van der Waals surface area contributed by atoms with Crippen LogP contribution in [-0.2, 0) is 9.47 Å². The average molecular weight is 329 g/mol. The number of hydrogen-bond donors (Lipinski definition) is 6. The molecule has 0 aliphatic carbocycles. The van der Waals surface area contributed by atoms with Crippen molar-refractivity contribution in [2.45, 2.75) is 0 Å². The van der Waals surface area contributed by atoms with E-state index in [9.17, 15) is 14.4 Å². The molecule has 14 heteroatoms. The number of carbonyl (C=O) groups excluding carboxylic acids is 2. The lowest BCUT2D eigenvalue weighted by atomic mass is 10.7. The minimum absolute atomic E-state index is 0. The van der Waals surface area contributed by atoms with E-state index in [-0.39, 0.29) is 24.4 Å². The predicted molar refractivity (Wildman–Crippen MR) is 66.0 cm³/mol. The van der Waals surface area contributed by atoms with Gasteiger partial charge in [0.05, 0.1) is 6.26 Å². The monoisotopic (exact) mass is 329 g/mol. The molecule has 128 valence electrons. The van der Waals surface area contributed by atoms with Crippen LogP contribution in [0.3, 0.4) is 0 Å². The molecule has 14 nitrogen and oxygen atoms in total. The van der Waals surface area contributed by atoms with Gasteiger partial charge in [-0.05, 0) is 6.07 Å². The van der Waals surface area contributed by atoms with Gasteiger partial charge in [-0.2, -0.15) is 0 Å². The number of carbonyl (C=O) groups is 4. The van der Waals surface area contributed by atoms with Gasteiger partial charge in [-0.25, -0.2) is 19.2 Å². The Morgan fingerprint density at radius 1 is 0.909 bits per heavy atom. The summed E-state index contributed by atoms with van der Waals surface area (Å²) in [5, 5.41) is 21.9. The molecule has 0 aliphatic heterocycles. The second-order valence-corrected chi connectivity index (χ2v) is 2.29. The van der Waals surface area contributed by atoms with Crippen molar-refractivity contribution >= 4 is 24.6 Å². The fourth-order valence-electron chi connectivity index (χ4n) is 0.585. The molecule has 0 saturated carbocycles. The number of furan rings is 1. The Bertz CT molecular complexity index is 454. The molecule has 0 bridgehead atoms. The van der Waals surface area contributed by atoms with E-state index in [1.807, 2.05) is 0 Å². The summed E-state index contributed by atoms with van der Waals surface area (Å²) in [5.74, 6) is -0.205. The summed E-state index contributed by atoms with van der Waals surface area (Å²) in [4.78, 5) is 39.5. The Labute approximate surface area is 121 Å². The second kappa shape index (κ2) is 14.1. The Balaban J connectivity index is -0.000000208. The highest BCUT2D eigenvalue weighted by Gasteiger charge is 2.17. The summed E-state index contributed by atoms with van der Waals surface area (Å²) in [6.45, 7) is 0. The molecule has 12 N–H and O–H groups in total. The number of hydrogen-bond acceptors (Lipinski definition) is 11. The van der Waals surface area contributed by atoms with Gasteiger partial charge in [0.15, 0.2) is 0 Å². The topological polar surface area (TPSA) is 275 Å². The van der Waals surface area contributed by atoms with Crippen molar-refractivity contribution in [2.24, 2.45) is 0 Å². The Morgan fingerprint density at radius 3 is 1.77 bits per heavy atom. The van der Waals surface area contributed by atoms with E-state index in [4.69, 9.17) is 20.1 Å². The van der Waals surface area contributed by atoms with Gasteiger partial charge in [0.25, 0.3) is 5.95 Å². The molecular formula is C8H15N3O11. The van der Waals surface area contributed by atoms with Crippen molar-refractivity contribution in [3.63, 3.8) is 0 Å².